The molecule has 0 aliphatic rings. The highest BCUT2D eigenvalue weighted by Gasteiger charge is 2.10. The van der Waals surface area contributed by atoms with E-state index in [1.54, 1.807) is 47.6 Å². The number of nitrogens with one attached hydrogen (secondary N) is 2. The van der Waals surface area contributed by atoms with Crippen LogP contribution in [0.4, 0.5) is 5.69 Å². The van der Waals surface area contributed by atoms with Gasteiger partial charge in [-0.3, -0.25) is 9.59 Å². The zero-order valence-electron chi connectivity index (χ0n) is 13.1. The molecule has 0 spiro atoms. The molecule has 0 aliphatic carbocycles. The van der Waals surface area contributed by atoms with Crippen molar-refractivity contribution in [3.05, 3.63) is 77.3 Å². The third-order valence-corrected chi connectivity index (χ3v) is 3.95. The Balaban J connectivity index is 1.63. The number of rotatable bonds is 5. The highest BCUT2D eigenvalue weighted by atomic mass is 79.9. The van der Waals surface area contributed by atoms with E-state index in [1.807, 2.05) is 24.3 Å². The van der Waals surface area contributed by atoms with Gasteiger partial charge in [-0.15, -0.1) is 0 Å². The number of carbonyl (C=O) groups is 2. The number of benzene rings is 2. The van der Waals surface area contributed by atoms with Gasteiger partial charge in [0.2, 0.25) is 5.91 Å². The second kappa shape index (κ2) is 7.76. The van der Waals surface area contributed by atoms with Gasteiger partial charge in [-0.1, -0.05) is 34.1 Å². The Hall–Kier alpha value is -2.93. The topological polar surface area (TPSA) is 76.0 Å². The highest BCUT2D eigenvalue weighted by Crippen LogP contribution is 2.19. The molecule has 2 aromatic carbocycles. The molecule has 3 rings (SSSR count). The third-order valence-electron chi connectivity index (χ3n) is 3.46. The molecule has 0 radical (unpaired) electrons. The molecular formula is C18H15BrN4O2. The van der Waals surface area contributed by atoms with Crippen LogP contribution < -0.4 is 10.6 Å². The summed E-state index contributed by atoms with van der Waals surface area (Å²) in [6.45, 7) is -0.121. The monoisotopic (exact) mass is 398 g/mol. The van der Waals surface area contributed by atoms with Gasteiger partial charge in [0.05, 0.1) is 24.2 Å². The Morgan fingerprint density at radius 2 is 1.96 bits per heavy atom. The summed E-state index contributed by atoms with van der Waals surface area (Å²) in [6.07, 6.45) is 5.11. The normalized spacial score (nSPS) is 10.3. The minimum absolute atomic E-state index is 0.121. The van der Waals surface area contributed by atoms with Crippen LogP contribution in [0.15, 0.2) is 71.7 Å². The summed E-state index contributed by atoms with van der Waals surface area (Å²) < 4.78 is 2.61. The molecule has 2 N–H and O–H groups in total. The van der Waals surface area contributed by atoms with E-state index in [0.29, 0.717) is 11.3 Å². The molecule has 0 bridgehead atoms. The fourth-order valence-corrected chi connectivity index (χ4v) is 2.69. The van der Waals surface area contributed by atoms with Crippen LogP contribution in [-0.2, 0) is 4.79 Å². The van der Waals surface area contributed by atoms with E-state index in [1.165, 1.54) is 0 Å². The molecule has 0 saturated heterocycles. The standard InChI is InChI=1S/C18H15BrN4O2/c19-14-5-3-4-13(10-14)18(25)21-11-17(24)22-15-6-1-2-7-16(15)23-9-8-20-12-23/h1-10,12H,11H2,(H,21,25)(H,22,24). The lowest BCUT2D eigenvalue weighted by atomic mass is 10.2. The van der Waals surface area contributed by atoms with E-state index in [0.717, 1.165) is 10.2 Å². The van der Waals surface area contributed by atoms with Crippen LogP contribution in [-0.4, -0.2) is 27.9 Å². The van der Waals surface area contributed by atoms with Gasteiger partial charge < -0.3 is 15.2 Å². The first-order valence-electron chi connectivity index (χ1n) is 7.54. The summed E-state index contributed by atoms with van der Waals surface area (Å²) in [4.78, 5) is 28.3. The molecule has 126 valence electrons. The number of hydrogen-bond acceptors (Lipinski definition) is 3. The lowest BCUT2D eigenvalue weighted by Crippen LogP contribution is -2.33. The number of aromatic nitrogens is 2. The van der Waals surface area contributed by atoms with Crippen molar-refractivity contribution in [2.75, 3.05) is 11.9 Å². The number of halogens is 1. The maximum absolute atomic E-state index is 12.2. The van der Waals surface area contributed by atoms with E-state index in [4.69, 9.17) is 0 Å². The first-order chi connectivity index (χ1) is 12.1. The van der Waals surface area contributed by atoms with Gasteiger partial charge >= 0.3 is 0 Å². The zero-order valence-corrected chi connectivity index (χ0v) is 14.7. The largest absolute Gasteiger partial charge is 0.343 e. The van der Waals surface area contributed by atoms with Crippen molar-refractivity contribution in [1.29, 1.82) is 0 Å². The molecule has 0 atom stereocenters. The number of imidazole rings is 1. The van der Waals surface area contributed by atoms with Gasteiger partial charge in [0.25, 0.3) is 5.91 Å². The maximum Gasteiger partial charge on any atom is 0.251 e. The molecule has 0 saturated carbocycles. The summed E-state index contributed by atoms with van der Waals surface area (Å²) >= 11 is 3.31. The second-order valence-electron chi connectivity index (χ2n) is 5.23. The predicted octanol–water partition coefficient (Wildman–Crippen LogP) is 3.00. The Morgan fingerprint density at radius 1 is 1.12 bits per heavy atom. The summed E-state index contributed by atoms with van der Waals surface area (Å²) in [7, 11) is 0. The Kier molecular flexibility index (Phi) is 5.25. The smallest absolute Gasteiger partial charge is 0.251 e. The van der Waals surface area contributed by atoms with Crippen molar-refractivity contribution in [1.82, 2.24) is 14.9 Å². The van der Waals surface area contributed by atoms with Crippen molar-refractivity contribution in [3.63, 3.8) is 0 Å². The fourth-order valence-electron chi connectivity index (χ4n) is 2.29. The summed E-state index contributed by atoms with van der Waals surface area (Å²) in [5.41, 5.74) is 1.93. The fraction of sp³-hybridized carbons (Fsp3) is 0.0556. The van der Waals surface area contributed by atoms with E-state index in [2.05, 4.69) is 31.5 Å². The summed E-state index contributed by atoms with van der Waals surface area (Å²) in [5.74, 6) is -0.616. The molecule has 1 heterocycles. The van der Waals surface area contributed by atoms with Crippen LogP contribution in [0.1, 0.15) is 10.4 Å². The van der Waals surface area contributed by atoms with Crippen molar-refractivity contribution in [3.8, 4) is 5.69 Å². The SMILES string of the molecule is O=C(CNC(=O)c1cccc(Br)c1)Nc1ccccc1-n1ccnc1. The molecule has 25 heavy (non-hydrogen) atoms. The predicted molar refractivity (Wildman–Crippen MR) is 98.7 cm³/mol. The number of nitrogens with zero attached hydrogens (tertiary/aromatic N) is 2. The van der Waals surface area contributed by atoms with Gasteiger partial charge in [-0.2, -0.15) is 0 Å². The second-order valence-corrected chi connectivity index (χ2v) is 6.14. The molecule has 2 amide bonds. The minimum atomic E-state index is -0.309. The Morgan fingerprint density at radius 3 is 2.72 bits per heavy atom. The minimum Gasteiger partial charge on any atom is -0.343 e. The Labute approximate surface area is 153 Å². The third kappa shape index (κ3) is 4.33. The summed E-state index contributed by atoms with van der Waals surface area (Å²) in [6, 6.07) is 14.3. The van der Waals surface area contributed by atoms with Crippen LogP contribution in [0.2, 0.25) is 0 Å². The lowest BCUT2D eigenvalue weighted by molar-refractivity contribution is -0.115. The average Bonchev–Trinajstić information content (AvgIpc) is 3.14. The van der Waals surface area contributed by atoms with Crippen LogP contribution in [0.3, 0.4) is 0 Å². The molecular weight excluding hydrogens is 384 g/mol. The lowest BCUT2D eigenvalue weighted by Gasteiger charge is -2.12. The van der Waals surface area contributed by atoms with Crippen molar-refractivity contribution < 1.29 is 9.59 Å². The number of para-hydroxylation sites is 2. The van der Waals surface area contributed by atoms with E-state index < -0.39 is 0 Å². The van der Waals surface area contributed by atoms with Crippen LogP contribution in [0.25, 0.3) is 5.69 Å². The number of carbonyl (C=O) groups excluding carboxylic acids is 2. The average molecular weight is 399 g/mol. The first-order valence-corrected chi connectivity index (χ1v) is 8.34. The molecule has 0 aliphatic heterocycles. The number of hydrogen-bond donors (Lipinski definition) is 2. The number of amides is 2. The van der Waals surface area contributed by atoms with E-state index in [9.17, 15) is 9.59 Å². The molecule has 7 heteroatoms. The van der Waals surface area contributed by atoms with Gasteiger partial charge in [-0.05, 0) is 30.3 Å². The quantitative estimate of drug-likeness (QED) is 0.693. The zero-order chi connectivity index (χ0) is 17.6. The van der Waals surface area contributed by atoms with Gasteiger partial charge in [-0.25, -0.2) is 4.98 Å². The molecule has 1 aromatic heterocycles. The van der Waals surface area contributed by atoms with Crippen molar-refractivity contribution >= 4 is 33.4 Å². The molecule has 3 aromatic rings. The summed E-state index contributed by atoms with van der Waals surface area (Å²) in [5, 5.41) is 5.41. The number of anilines is 1. The van der Waals surface area contributed by atoms with E-state index >= 15 is 0 Å². The van der Waals surface area contributed by atoms with Crippen molar-refractivity contribution in [2.45, 2.75) is 0 Å². The maximum atomic E-state index is 12.2. The highest BCUT2D eigenvalue weighted by molar-refractivity contribution is 9.10. The molecule has 6 nitrogen and oxygen atoms in total. The molecule has 0 unspecified atom stereocenters. The van der Waals surface area contributed by atoms with Crippen LogP contribution in [0, 0.1) is 0 Å². The van der Waals surface area contributed by atoms with Gasteiger partial charge in [0.1, 0.15) is 0 Å². The van der Waals surface area contributed by atoms with E-state index in [-0.39, 0.29) is 18.4 Å². The van der Waals surface area contributed by atoms with Crippen LogP contribution in [0.5, 0.6) is 0 Å². The van der Waals surface area contributed by atoms with Crippen molar-refractivity contribution in [2.24, 2.45) is 0 Å². The Bertz CT molecular complexity index is 894. The molecule has 0 fully saturated rings. The van der Waals surface area contributed by atoms with Gasteiger partial charge in [0, 0.05) is 22.4 Å². The van der Waals surface area contributed by atoms with Crippen LogP contribution >= 0.6 is 15.9 Å². The van der Waals surface area contributed by atoms with Gasteiger partial charge in [0.15, 0.2) is 0 Å². The first kappa shape index (κ1) is 16.9.